The topological polar surface area (TPSA) is 132 Å². The van der Waals surface area contributed by atoms with Gasteiger partial charge in [-0.25, -0.2) is 15.0 Å². The van der Waals surface area contributed by atoms with Crippen molar-refractivity contribution in [2.45, 2.75) is 52.7 Å². The van der Waals surface area contributed by atoms with Crippen LogP contribution in [0.5, 0.6) is 0 Å². The number of carbonyl (C=O) groups is 3. The van der Waals surface area contributed by atoms with Crippen LogP contribution in [0.15, 0.2) is 41.3 Å². The smallest absolute Gasteiger partial charge is 0.248 e. The van der Waals surface area contributed by atoms with E-state index in [9.17, 15) is 14.4 Å². The van der Waals surface area contributed by atoms with Gasteiger partial charge in [0.05, 0.1) is 18.2 Å². The van der Waals surface area contributed by atoms with Crippen LogP contribution in [0.4, 0.5) is 5.82 Å². The number of fused-ring (bicyclic) bond motifs is 1. The number of nitrogens with one attached hydrogen (secondary N) is 1. The van der Waals surface area contributed by atoms with E-state index < -0.39 is 23.9 Å². The van der Waals surface area contributed by atoms with Gasteiger partial charge in [-0.3, -0.25) is 19.1 Å². The van der Waals surface area contributed by atoms with Gasteiger partial charge in [0, 0.05) is 43.3 Å². The van der Waals surface area contributed by atoms with Crippen LogP contribution in [0, 0.1) is 39.0 Å². The SMILES string of the molecule is C#C[C@@H]1[C@@H](COC)C[C@@H](C(=O)Nc2nc(Br)ccc2C)N1C(=O)Cn1nc(C(C)=O)c2cc(-c3cnc(C)nc3)cc(C)c21. The number of aryl methyl sites for hydroxylation is 3. The molecule has 0 radical (unpaired) electrons. The van der Waals surface area contributed by atoms with Gasteiger partial charge in [0.2, 0.25) is 11.8 Å². The maximum Gasteiger partial charge on any atom is 0.248 e. The van der Waals surface area contributed by atoms with Crippen molar-refractivity contribution in [3.8, 4) is 23.5 Å². The minimum atomic E-state index is -0.868. The molecule has 12 heteroatoms. The number of likely N-dealkylation sites (tertiary alicyclic amines) is 1. The third-order valence-electron chi connectivity index (χ3n) is 7.82. The van der Waals surface area contributed by atoms with Crippen LogP contribution in [0.2, 0.25) is 0 Å². The summed E-state index contributed by atoms with van der Waals surface area (Å²) >= 11 is 3.34. The van der Waals surface area contributed by atoms with E-state index in [0.717, 1.165) is 22.3 Å². The molecule has 0 bridgehead atoms. The van der Waals surface area contributed by atoms with Crippen molar-refractivity contribution in [1.82, 2.24) is 29.6 Å². The first-order valence-electron chi connectivity index (χ1n) is 14.0. The molecule has 11 nitrogen and oxygen atoms in total. The zero-order valence-electron chi connectivity index (χ0n) is 25.1. The Balaban J connectivity index is 1.51. The molecule has 1 aromatic carbocycles. The Morgan fingerprint density at radius 3 is 2.50 bits per heavy atom. The van der Waals surface area contributed by atoms with Crippen LogP contribution in [0.1, 0.15) is 40.8 Å². The van der Waals surface area contributed by atoms with Crippen LogP contribution in [0.3, 0.4) is 0 Å². The van der Waals surface area contributed by atoms with Gasteiger partial charge in [0.25, 0.3) is 0 Å². The molecular formula is C32H32BrN7O4. The second-order valence-corrected chi connectivity index (χ2v) is 11.8. The standard InChI is InChI=1S/C32H32BrN7O4/c1-7-25-22(16-44-6)12-26(32(43)37-31-17(2)8-9-27(33)36-31)40(25)28(42)15-39-30-18(3)10-21(23-13-34-20(5)35-14-23)11-24(30)29(38-39)19(4)41/h1,8-11,13-14,22,25-26H,12,15-16H2,2-6H3,(H,36,37,43)/t22-,25-,26+/m1/s1. The molecule has 226 valence electrons. The average molecular weight is 659 g/mol. The van der Waals surface area contributed by atoms with Crippen LogP contribution >= 0.6 is 15.9 Å². The maximum atomic E-state index is 14.1. The fraction of sp³-hybridized carbons (Fsp3) is 0.344. The summed E-state index contributed by atoms with van der Waals surface area (Å²) < 4.78 is 7.48. The average Bonchev–Trinajstić information content (AvgIpc) is 3.54. The molecule has 1 saturated heterocycles. The summed E-state index contributed by atoms with van der Waals surface area (Å²) in [5.41, 5.74) is 4.07. The molecule has 1 aliphatic rings. The van der Waals surface area contributed by atoms with Crippen molar-refractivity contribution in [1.29, 1.82) is 0 Å². The molecule has 1 N–H and O–H groups in total. The molecule has 1 aliphatic heterocycles. The Morgan fingerprint density at radius 1 is 1.11 bits per heavy atom. The molecule has 1 fully saturated rings. The predicted octanol–water partition coefficient (Wildman–Crippen LogP) is 4.28. The lowest BCUT2D eigenvalue weighted by atomic mass is 10.0. The van der Waals surface area contributed by atoms with Gasteiger partial charge in [0.1, 0.15) is 34.5 Å². The number of hydrogen-bond acceptors (Lipinski definition) is 8. The first-order valence-corrected chi connectivity index (χ1v) is 14.8. The van der Waals surface area contributed by atoms with Crippen molar-refractivity contribution in [2.75, 3.05) is 19.0 Å². The van der Waals surface area contributed by atoms with Gasteiger partial charge < -0.3 is 15.0 Å². The number of Topliss-reactive ketones (excluding diaryl/α,β-unsaturated/α-hetero) is 1. The van der Waals surface area contributed by atoms with Gasteiger partial charge in [0.15, 0.2) is 5.78 Å². The van der Waals surface area contributed by atoms with E-state index in [2.05, 4.69) is 47.2 Å². The number of terminal acetylenes is 1. The number of halogens is 1. The number of carbonyl (C=O) groups excluding carboxylic acids is 3. The van der Waals surface area contributed by atoms with Crippen molar-refractivity contribution < 1.29 is 19.1 Å². The van der Waals surface area contributed by atoms with Crippen LogP contribution in [-0.4, -0.2) is 73.0 Å². The molecule has 0 saturated carbocycles. The summed E-state index contributed by atoms with van der Waals surface area (Å²) in [5.74, 6) is 2.45. The number of methoxy groups -OCH3 is 1. The first kappa shape index (κ1) is 31.0. The van der Waals surface area contributed by atoms with Crippen LogP contribution in [-0.2, 0) is 20.9 Å². The molecule has 2 amide bonds. The van der Waals surface area contributed by atoms with E-state index in [-0.39, 0.29) is 30.5 Å². The minimum absolute atomic E-state index is 0.229. The molecule has 4 aromatic rings. The van der Waals surface area contributed by atoms with Crippen molar-refractivity contribution in [2.24, 2.45) is 5.92 Å². The Morgan fingerprint density at radius 2 is 1.84 bits per heavy atom. The minimum Gasteiger partial charge on any atom is -0.384 e. The monoisotopic (exact) mass is 657 g/mol. The number of pyridine rings is 1. The maximum absolute atomic E-state index is 14.1. The zero-order valence-corrected chi connectivity index (χ0v) is 26.7. The summed E-state index contributed by atoms with van der Waals surface area (Å²) in [5, 5.41) is 8.05. The van der Waals surface area contributed by atoms with E-state index in [4.69, 9.17) is 11.2 Å². The number of ketones is 1. The van der Waals surface area contributed by atoms with Gasteiger partial charge in [-0.05, 0) is 78.0 Å². The van der Waals surface area contributed by atoms with E-state index >= 15 is 0 Å². The van der Waals surface area contributed by atoms with Crippen molar-refractivity contribution in [3.05, 3.63) is 63.9 Å². The van der Waals surface area contributed by atoms with Crippen molar-refractivity contribution >= 4 is 50.2 Å². The summed E-state index contributed by atoms with van der Waals surface area (Å²) in [7, 11) is 1.56. The lowest BCUT2D eigenvalue weighted by molar-refractivity contribution is -0.138. The third-order valence-corrected chi connectivity index (χ3v) is 8.26. The fourth-order valence-corrected chi connectivity index (χ4v) is 6.06. The van der Waals surface area contributed by atoms with E-state index in [1.54, 1.807) is 25.6 Å². The Kier molecular flexibility index (Phi) is 8.90. The number of amides is 2. The molecule has 4 heterocycles. The molecule has 0 unspecified atom stereocenters. The molecule has 44 heavy (non-hydrogen) atoms. The number of anilines is 1. The van der Waals surface area contributed by atoms with Crippen LogP contribution < -0.4 is 5.32 Å². The summed E-state index contributed by atoms with van der Waals surface area (Å²) in [6.45, 7) is 7.02. The second kappa shape index (κ2) is 12.6. The van der Waals surface area contributed by atoms with Gasteiger partial charge in [-0.1, -0.05) is 12.0 Å². The lowest BCUT2D eigenvalue weighted by Gasteiger charge is -2.28. The second-order valence-electron chi connectivity index (χ2n) is 10.9. The molecule has 0 aliphatic carbocycles. The largest absolute Gasteiger partial charge is 0.384 e. The van der Waals surface area contributed by atoms with Crippen molar-refractivity contribution in [3.63, 3.8) is 0 Å². The Labute approximate surface area is 263 Å². The fourth-order valence-electron chi connectivity index (χ4n) is 5.75. The van der Waals surface area contributed by atoms with Crippen LogP contribution in [0.25, 0.3) is 22.0 Å². The van der Waals surface area contributed by atoms with Gasteiger partial charge in [-0.15, -0.1) is 6.42 Å². The zero-order chi connectivity index (χ0) is 31.7. The molecule has 3 atom stereocenters. The highest BCUT2D eigenvalue weighted by Gasteiger charge is 2.46. The summed E-state index contributed by atoms with van der Waals surface area (Å²) in [6.07, 6.45) is 9.71. The number of ether oxygens (including phenoxy) is 1. The van der Waals surface area contributed by atoms with Gasteiger partial charge >= 0.3 is 0 Å². The third kappa shape index (κ3) is 5.98. The van der Waals surface area contributed by atoms with E-state index in [0.29, 0.717) is 33.6 Å². The number of rotatable bonds is 8. The number of hydrogen-bond donors (Lipinski definition) is 1. The summed E-state index contributed by atoms with van der Waals surface area (Å²) in [6, 6.07) is 5.87. The molecular weight excluding hydrogens is 626 g/mol. The molecule has 3 aromatic heterocycles. The predicted molar refractivity (Wildman–Crippen MR) is 169 cm³/mol. The number of nitrogens with zero attached hydrogens (tertiary/aromatic N) is 6. The summed E-state index contributed by atoms with van der Waals surface area (Å²) in [4.78, 5) is 54.9. The normalized spacial score (nSPS) is 17.9. The molecule has 0 spiro atoms. The highest BCUT2D eigenvalue weighted by atomic mass is 79.9. The highest BCUT2D eigenvalue weighted by molar-refractivity contribution is 9.10. The Hall–Kier alpha value is -4.47. The highest BCUT2D eigenvalue weighted by Crippen LogP contribution is 2.33. The van der Waals surface area contributed by atoms with E-state index in [1.165, 1.54) is 16.5 Å². The molecule has 5 rings (SSSR count). The van der Waals surface area contributed by atoms with Gasteiger partial charge in [-0.2, -0.15) is 5.10 Å². The Bertz CT molecular complexity index is 1810. The quantitative estimate of drug-likeness (QED) is 0.169. The number of benzene rings is 1. The first-order chi connectivity index (χ1) is 21.0. The van der Waals surface area contributed by atoms with E-state index in [1.807, 2.05) is 39.0 Å². The lowest BCUT2D eigenvalue weighted by Crippen LogP contribution is -2.48. The number of aromatic nitrogens is 5.